The minimum Gasteiger partial charge on any atom is -0.478 e. The van der Waals surface area contributed by atoms with E-state index in [4.69, 9.17) is 5.11 Å². The van der Waals surface area contributed by atoms with Crippen molar-refractivity contribution in [1.29, 1.82) is 0 Å². The Hall–Kier alpha value is -0.870. The molecule has 0 saturated heterocycles. The maximum Gasteiger partial charge on any atom is 0.330 e. The summed E-state index contributed by atoms with van der Waals surface area (Å²) in [6.45, 7) is 2.06. The second-order valence-corrected chi connectivity index (χ2v) is 3.34. The molecule has 0 aliphatic rings. The first-order chi connectivity index (χ1) is 5.93. The number of aliphatic hydroxyl groups excluding tert-OH is 1. The molecule has 0 aliphatic carbocycles. The third-order valence-electron chi connectivity index (χ3n) is 1.61. The van der Waals surface area contributed by atoms with Crippen molar-refractivity contribution in [2.45, 2.75) is 19.4 Å². The van der Waals surface area contributed by atoms with Gasteiger partial charge >= 0.3 is 5.97 Å². The summed E-state index contributed by atoms with van der Waals surface area (Å²) in [6, 6.07) is 0. The number of nitrogens with zero attached hydrogens (tertiary/aromatic N) is 1. The summed E-state index contributed by atoms with van der Waals surface area (Å²) in [7, 11) is 3.72. The van der Waals surface area contributed by atoms with E-state index in [1.807, 2.05) is 19.0 Å². The molecular formula is C9H17NO3. The van der Waals surface area contributed by atoms with E-state index in [1.165, 1.54) is 13.0 Å². The van der Waals surface area contributed by atoms with Gasteiger partial charge < -0.3 is 15.1 Å². The van der Waals surface area contributed by atoms with E-state index in [-0.39, 0.29) is 5.57 Å². The number of carboxylic acid groups (broad SMARTS) is 1. The Kier molecular flexibility index (Phi) is 5.34. The van der Waals surface area contributed by atoms with Crippen molar-refractivity contribution < 1.29 is 15.0 Å². The van der Waals surface area contributed by atoms with E-state index >= 15 is 0 Å². The topological polar surface area (TPSA) is 60.8 Å². The van der Waals surface area contributed by atoms with Gasteiger partial charge in [-0.3, -0.25) is 0 Å². The highest BCUT2D eigenvalue weighted by molar-refractivity contribution is 5.85. The molecule has 2 N–H and O–H groups in total. The summed E-state index contributed by atoms with van der Waals surface area (Å²) in [5, 5.41) is 17.9. The lowest BCUT2D eigenvalue weighted by atomic mass is 10.2. The van der Waals surface area contributed by atoms with E-state index in [1.54, 1.807) is 0 Å². The van der Waals surface area contributed by atoms with Crippen molar-refractivity contribution in [3.63, 3.8) is 0 Å². The van der Waals surface area contributed by atoms with Crippen LogP contribution in [0.3, 0.4) is 0 Å². The van der Waals surface area contributed by atoms with Gasteiger partial charge in [0.15, 0.2) is 0 Å². The molecule has 0 fully saturated rings. The number of aliphatic hydroxyl groups is 1. The van der Waals surface area contributed by atoms with E-state index in [0.717, 1.165) is 0 Å². The van der Waals surface area contributed by atoms with Crippen LogP contribution in [0, 0.1) is 0 Å². The number of carboxylic acids is 1. The monoisotopic (exact) mass is 187 g/mol. The highest BCUT2D eigenvalue weighted by Crippen LogP contribution is 2.00. The first-order valence-corrected chi connectivity index (χ1v) is 4.16. The molecule has 0 aliphatic heterocycles. The molecule has 4 nitrogen and oxygen atoms in total. The molecule has 0 spiro atoms. The first kappa shape index (κ1) is 12.1. The molecule has 0 heterocycles. The zero-order valence-corrected chi connectivity index (χ0v) is 8.32. The third kappa shape index (κ3) is 6.31. The Balaban J connectivity index is 3.87. The Morgan fingerprint density at radius 2 is 2.08 bits per heavy atom. The van der Waals surface area contributed by atoms with Crippen LogP contribution in [0.2, 0.25) is 0 Å². The molecular weight excluding hydrogens is 170 g/mol. The largest absolute Gasteiger partial charge is 0.478 e. The van der Waals surface area contributed by atoms with Gasteiger partial charge in [0.25, 0.3) is 0 Å². The Bertz CT molecular complexity index is 199. The van der Waals surface area contributed by atoms with E-state index in [9.17, 15) is 9.90 Å². The molecule has 0 rings (SSSR count). The lowest BCUT2D eigenvalue weighted by Gasteiger charge is -2.14. The molecule has 0 bridgehead atoms. The van der Waals surface area contributed by atoms with Crippen molar-refractivity contribution in [2.24, 2.45) is 0 Å². The summed E-state index contributed by atoms with van der Waals surface area (Å²) < 4.78 is 0. The van der Waals surface area contributed by atoms with Crippen molar-refractivity contribution in [2.75, 3.05) is 20.6 Å². The van der Waals surface area contributed by atoms with Gasteiger partial charge in [0, 0.05) is 12.1 Å². The predicted octanol–water partition coefficient (Wildman–Crippen LogP) is 0.330. The zero-order chi connectivity index (χ0) is 10.4. The Morgan fingerprint density at radius 3 is 2.46 bits per heavy atom. The fourth-order valence-corrected chi connectivity index (χ4v) is 0.896. The summed E-state index contributed by atoms with van der Waals surface area (Å²) >= 11 is 0. The van der Waals surface area contributed by atoms with Crippen LogP contribution in [0.5, 0.6) is 0 Å². The van der Waals surface area contributed by atoms with E-state index < -0.39 is 12.1 Å². The average Bonchev–Trinajstić information content (AvgIpc) is 1.98. The number of rotatable bonds is 5. The summed E-state index contributed by atoms with van der Waals surface area (Å²) in [5.74, 6) is -0.933. The normalized spacial score (nSPS) is 14.7. The molecule has 1 unspecified atom stereocenters. The van der Waals surface area contributed by atoms with Gasteiger partial charge in [-0.1, -0.05) is 6.08 Å². The highest BCUT2D eigenvalue weighted by Gasteiger charge is 2.05. The third-order valence-corrected chi connectivity index (χ3v) is 1.61. The molecule has 4 heteroatoms. The van der Waals surface area contributed by atoms with Gasteiger partial charge in [-0.25, -0.2) is 4.79 Å². The van der Waals surface area contributed by atoms with Crippen molar-refractivity contribution in [3.8, 4) is 0 Å². The van der Waals surface area contributed by atoms with Crippen molar-refractivity contribution >= 4 is 5.97 Å². The smallest absolute Gasteiger partial charge is 0.330 e. The van der Waals surface area contributed by atoms with Gasteiger partial charge in [-0.15, -0.1) is 0 Å². The van der Waals surface area contributed by atoms with Gasteiger partial charge in [-0.05, 0) is 27.4 Å². The first-order valence-electron chi connectivity index (χ1n) is 4.16. The fraction of sp³-hybridized carbons (Fsp3) is 0.667. The lowest BCUT2D eigenvalue weighted by molar-refractivity contribution is -0.132. The maximum absolute atomic E-state index is 10.4. The SMILES string of the molecule is CC(=CCC(O)CN(C)C)C(=O)O. The number of hydrogen-bond acceptors (Lipinski definition) is 3. The molecule has 1 atom stereocenters. The van der Waals surface area contributed by atoms with E-state index in [2.05, 4.69) is 0 Å². The maximum atomic E-state index is 10.4. The van der Waals surface area contributed by atoms with Crippen LogP contribution in [-0.2, 0) is 4.79 Å². The molecule has 0 aromatic carbocycles. The predicted molar refractivity (Wildman–Crippen MR) is 50.6 cm³/mol. The number of aliphatic carboxylic acids is 1. The molecule has 76 valence electrons. The number of likely N-dealkylation sites (N-methyl/N-ethyl adjacent to an activating group) is 1. The number of hydrogen-bond donors (Lipinski definition) is 2. The van der Waals surface area contributed by atoms with Crippen LogP contribution in [0.4, 0.5) is 0 Å². The standard InChI is InChI=1S/C9H17NO3/c1-7(9(12)13)4-5-8(11)6-10(2)3/h4,8,11H,5-6H2,1-3H3,(H,12,13). The second-order valence-electron chi connectivity index (χ2n) is 3.34. The van der Waals surface area contributed by atoms with Crippen LogP contribution in [-0.4, -0.2) is 47.8 Å². The molecule has 0 saturated carbocycles. The molecule has 0 radical (unpaired) electrons. The van der Waals surface area contributed by atoms with Crippen molar-refractivity contribution in [3.05, 3.63) is 11.6 Å². The van der Waals surface area contributed by atoms with Crippen LogP contribution in [0.1, 0.15) is 13.3 Å². The Morgan fingerprint density at radius 1 is 1.54 bits per heavy atom. The minimum absolute atomic E-state index is 0.276. The average molecular weight is 187 g/mol. The van der Waals surface area contributed by atoms with Crippen LogP contribution >= 0.6 is 0 Å². The second kappa shape index (κ2) is 5.72. The van der Waals surface area contributed by atoms with E-state index in [0.29, 0.717) is 13.0 Å². The molecule has 13 heavy (non-hydrogen) atoms. The quantitative estimate of drug-likeness (QED) is 0.609. The fourth-order valence-electron chi connectivity index (χ4n) is 0.896. The zero-order valence-electron chi connectivity index (χ0n) is 8.32. The Labute approximate surface area is 78.5 Å². The van der Waals surface area contributed by atoms with Gasteiger partial charge in [0.1, 0.15) is 0 Å². The number of carbonyl (C=O) groups is 1. The molecule has 0 aromatic heterocycles. The summed E-state index contributed by atoms with van der Waals surface area (Å²) in [4.78, 5) is 12.2. The van der Waals surface area contributed by atoms with Gasteiger partial charge in [0.05, 0.1) is 6.10 Å². The van der Waals surface area contributed by atoms with Crippen LogP contribution < -0.4 is 0 Å². The summed E-state index contributed by atoms with van der Waals surface area (Å²) in [5.41, 5.74) is 0.276. The van der Waals surface area contributed by atoms with Crippen molar-refractivity contribution in [1.82, 2.24) is 4.90 Å². The van der Waals surface area contributed by atoms with Gasteiger partial charge in [-0.2, -0.15) is 0 Å². The van der Waals surface area contributed by atoms with Gasteiger partial charge in [0.2, 0.25) is 0 Å². The molecule has 0 aromatic rings. The van der Waals surface area contributed by atoms with Crippen LogP contribution in [0.25, 0.3) is 0 Å². The lowest BCUT2D eigenvalue weighted by Crippen LogP contribution is -2.25. The minimum atomic E-state index is -0.933. The summed E-state index contributed by atoms with van der Waals surface area (Å²) in [6.07, 6.45) is 1.43. The van der Waals surface area contributed by atoms with Crippen LogP contribution in [0.15, 0.2) is 11.6 Å². The highest BCUT2D eigenvalue weighted by atomic mass is 16.4. The molecule has 0 amide bonds.